The van der Waals surface area contributed by atoms with Gasteiger partial charge < -0.3 is 0 Å². The summed E-state index contributed by atoms with van der Waals surface area (Å²) in [5.74, 6) is 0. The lowest BCUT2D eigenvalue weighted by Crippen LogP contribution is -1.85. The van der Waals surface area contributed by atoms with E-state index in [4.69, 9.17) is 0 Å². The minimum absolute atomic E-state index is 1.18. The Morgan fingerprint density at radius 2 is 2.10 bits per heavy atom. The van der Waals surface area contributed by atoms with Crippen LogP contribution in [0.15, 0.2) is 5.38 Å². The van der Waals surface area contributed by atoms with Gasteiger partial charge in [0.05, 0.1) is 2.88 Å². The molecular weight excluding hydrogens is 255 g/mol. The second-order valence-corrected chi connectivity index (χ2v) is 4.91. The number of hydrogen-bond acceptors (Lipinski definition) is 1. The molecule has 10 heavy (non-hydrogen) atoms. The van der Waals surface area contributed by atoms with E-state index in [0.717, 1.165) is 0 Å². The standard InChI is InChI=1S/C8H11IS/c1-3-6-5-10-8(9)7(6)4-2/h5H,3-4H2,1-2H3. The molecule has 0 radical (unpaired) electrons. The lowest BCUT2D eigenvalue weighted by Gasteiger charge is -1.96. The number of halogens is 1. The van der Waals surface area contributed by atoms with E-state index in [9.17, 15) is 0 Å². The maximum Gasteiger partial charge on any atom is 0.0688 e. The van der Waals surface area contributed by atoms with Crippen molar-refractivity contribution in [2.24, 2.45) is 0 Å². The Balaban J connectivity index is 3.01. The van der Waals surface area contributed by atoms with Crippen molar-refractivity contribution in [2.75, 3.05) is 0 Å². The molecule has 0 aromatic carbocycles. The quantitative estimate of drug-likeness (QED) is 0.719. The van der Waals surface area contributed by atoms with Gasteiger partial charge in [0.2, 0.25) is 0 Å². The third-order valence-corrected chi connectivity index (χ3v) is 3.93. The third kappa shape index (κ3) is 1.53. The first kappa shape index (κ1) is 8.53. The number of hydrogen-bond donors (Lipinski definition) is 0. The maximum absolute atomic E-state index is 2.42. The van der Waals surface area contributed by atoms with Gasteiger partial charge in [-0.05, 0) is 51.9 Å². The zero-order valence-electron chi connectivity index (χ0n) is 6.28. The number of rotatable bonds is 2. The lowest BCUT2D eigenvalue weighted by atomic mass is 10.1. The van der Waals surface area contributed by atoms with Crippen LogP contribution in [0.3, 0.4) is 0 Å². The summed E-state index contributed by atoms with van der Waals surface area (Å²) in [6.45, 7) is 4.45. The van der Waals surface area contributed by atoms with Gasteiger partial charge in [-0.2, -0.15) is 0 Å². The first-order valence-electron chi connectivity index (χ1n) is 3.54. The smallest absolute Gasteiger partial charge is 0.0688 e. The molecule has 0 bridgehead atoms. The van der Waals surface area contributed by atoms with E-state index in [0.29, 0.717) is 0 Å². The second-order valence-electron chi connectivity index (χ2n) is 2.22. The molecule has 0 saturated carbocycles. The molecular formula is C8H11IS. The van der Waals surface area contributed by atoms with E-state index in [1.807, 2.05) is 11.3 Å². The van der Waals surface area contributed by atoms with Gasteiger partial charge in [0.15, 0.2) is 0 Å². The Kier molecular flexibility index (Phi) is 3.17. The first-order valence-corrected chi connectivity index (χ1v) is 5.50. The fourth-order valence-corrected chi connectivity index (χ4v) is 3.14. The highest BCUT2D eigenvalue weighted by molar-refractivity contribution is 14.1. The van der Waals surface area contributed by atoms with Crippen molar-refractivity contribution in [2.45, 2.75) is 26.7 Å². The molecule has 0 atom stereocenters. The van der Waals surface area contributed by atoms with Crippen molar-refractivity contribution in [3.8, 4) is 0 Å². The Morgan fingerprint density at radius 1 is 1.40 bits per heavy atom. The van der Waals surface area contributed by atoms with Crippen molar-refractivity contribution in [1.82, 2.24) is 0 Å². The molecule has 0 aliphatic carbocycles. The van der Waals surface area contributed by atoms with Gasteiger partial charge >= 0.3 is 0 Å². The van der Waals surface area contributed by atoms with E-state index < -0.39 is 0 Å². The van der Waals surface area contributed by atoms with Gasteiger partial charge in [0.25, 0.3) is 0 Å². The zero-order chi connectivity index (χ0) is 7.56. The second kappa shape index (κ2) is 3.72. The van der Waals surface area contributed by atoms with Gasteiger partial charge in [-0.25, -0.2) is 0 Å². The predicted molar refractivity (Wildman–Crippen MR) is 55.8 cm³/mol. The molecule has 0 unspecified atom stereocenters. The molecule has 1 heterocycles. The molecule has 1 rings (SSSR count). The van der Waals surface area contributed by atoms with E-state index in [1.54, 1.807) is 5.56 Å². The molecule has 0 aliphatic heterocycles. The lowest BCUT2D eigenvalue weighted by molar-refractivity contribution is 1.05. The molecule has 0 amide bonds. The van der Waals surface area contributed by atoms with Crippen LogP contribution >= 0.6 is 33.9 Å². The summed E-state index contributed by atoms with van der Waals surface area (Å²) in [5, 5.41) is 2.28. The topological polar surface area (TPSA) is 0 Å². The van der Waals surface area contributed by atoms with Crippen LogP contribution in [0.1, 0.15) is 25.0 Å². The summed E-state index contributed by atoms with van der Waals surface area (Å²) in [5.41, 5.74) is 3.10. The largest absolute Gasteiger partial charge is 0.137 e. The first-order chi connectivity index (χ1) is 4.79. The predicted octanol–water partition coefficient (Wildman–Crippen LogP) is 3.48. The minimum Gasteiger partial charge on any atom is -0.137 e. The number of thiophene rings is 1. The summed E-state index contributed by atoms with van der Waals surface area (Å²) < 4.78 is 1.47. The summed E-state index contributed by atoms with van der Waals surface area (Å²) in [6, 6.07) is 0. The Hall–Kier alpha value is 0.430. The molecule has 0 aliphatic rings. The fraction of sp³-hybridized carbons (Fsp3) is 0.500. The van der Waals surface area contributed by atoms with Crippen molar-refractivity contribution in [3.63, 3.8) is 0 Å². The van der Waals surface area contributed by atoms with Crippen LogP contribution in [0.5, 0.6) is 0 Å². The van der Waals surface area contributed by atoms with Crippen LogP contribution in [-0.2, 0) is 12.8 Å². The Bertz CT molecular complexity index is 215. The highest BCUT2D eigenvalue weighted by Gasteiger charge is 2.04. The van der Waals surface area contributed by atoms with E-state index >= 15 is 0 Å². The minimum atomic E-state index is 1.18. The van der Waals surface area contributed by atoms with E-state index in [1.165, 1.54) is 21.3 Å². The van der Waals surface area contributed by atoms with Crippen LogP contribution in [0.25, 0.3) is 0 Å². The summed E-state index contributed by atoms with van der Waals surface area (Å²) >= 11 is 4.29. The van der Waals surface area contributed by atoms with Crippen molar-refractivity contribution >= 4 is 33.9 Å². The average Bonchev–Trinajstić information content (AvgIpc) is 2.30. The van der Waals surface area contributed by atoms with Gasteiger partial charge in [-0.15, -0.1) is 11.3 Å². The molecule has 1 aromatic rings. The fourth-order valence-electron chi connectivity index (χ4n) is 1.05. The van der Waals surface area contributed by atoms with Crippen LogP contribution < -0.4 is 0 Å². The molecule has 56 valence electrons. The van der Waals surface area contributed by atoms with E-state index in [-0.39, 0.29) is 0 Å². The normalized spacial score (nSPS) is 10.3. The summed E-state index contributed by atoms with van der Waals surface area (Å²) in [6.07, 6.45) is 2.37. The SMILES string of the molecule is CCc1csc(I)c1CC. The van der Waals surface area contributed by atoms with Crippen LogP contribution in [-0.4, -0.2) is 0 Å². The highest BCUT2D eigenvalue weighted by atomic mass is 127. The van der Waals surface area contributed by atoms with Crippen LogP contribution in [0.2, 0.25) is 0 Å². The summed E-state index contributed by atoms with van der Waals surface area (Å²) in [4.78, 5) is 0. The van der Waals surface area contributed by atoms with Crippen LogP contribution in [0.4, 0.5) is 0 Å². The number of aryl methyl sites for hydroxylation is 1. The Labute approximate surface area is 79.8 Å². The zero-order valence-corrected chi connectivity index (χ0v) is 9.25. The van der Waals surface area contributed by atoms with Crippen LogP contribution in [0, 0.1) is 2.88 Å². The van der Waals surface area contributed by atoms with Crippen molar-refractivity contribution in [1.29, 1.82) is 0 Å². The molecule has 0 fully saturated rings. The molecule has 2 heteroatoms. The monoisotopic (exact) mass is 266 g/mol. The third-order valence-electron chi connectivity index (χ3n) is 1.66. The van der Waals surface area contributed by atoms with E-state index in [2.05, 4.69) is 41.8 Å². The van der Waals surface area contributed by atoms with Gasteiger partial charge in [-0.1, -0.05) is 13.8 Å². The van der Waals surface area contributed by atoms with Crippen molar-refractivity contribution in [3.05, 3.63) is 19.4 Å². The molecule has 0 saturated heterocycles. The molecule has 0 nitrogen and oxygen atoms in total. The maximum atomic E-state index is 2.42. The average molecular weight is 266 g/mol. The van der Waals surface area contributed by atoms with Crippen molar-refractivity contribution < 1.29 is 0 Å². The molecule has 0 N–H and O–H groups in total. The van der Waals surface area contributed by atoms with Gasteiger partial charge in [0, 0.05) is 0 Å². The Morgan fingerprint density at radius 3 is 2.50 bits per heavy atom. The highest BCUT2D eigenvalue weighted by Crippen LogP contribution is 2.24. The van der Waals surface area contributed by atoms with Gasteiger partial charge in [0.1, 0.15) is 0 Å². The molecule has 1 aromatic heterocycles. The molecule has 0 spiro atoms. The summed E-state index contributed by atoms with van der Waals surface area (Å²) in [7, 11) is 0. The van der Waals surface area contributed by atoms with Gasteiger partial charge in [-0.3, -0.25) is 0 Å².